The maximum absolute atomic E-state index is 12.0. The fourth-order valence-electron chi connectivity index (χ4n) is 2.76. The molecule has 5 heteroatoms. The van der Waals surface area contributed by atoms with Crippen molar-refractivity contribution in [3.05, 3.63) is 47.2 Å². The number of nitrogens with zero attached hydrogens (tertiary/aromatic N) is 2. The Balaban J connectivity index is 2.38. The minimum atomic E-state index is -0.272. The van der Waals surface area contributed by atoms with E-state index in [2.05, 4.69) is 36.2 Å². The van der Waals surface area contributed by atoms with Gasteiger partial charge < -0.3 is 10.2 Å². The maximum atomic E-state index is 12.0. The van der Waals surface area contributed by atoms with Crippen LogP contribution in [0.5, 0.6) is 0 Å². The first kappa shape index (κ1) is 18.6. The van der Waals surface area contributed by atoms with Crippen LogP contribution in [-0.4, -0.2) is 30.5 Å². The van der Waals surface area contributed by atoms with E-state index in [4.69, 9.17) is 4.99 Å². The van der Waals surface area contributed by atoms with E-state index in [1.165, 1.54) is 18.7 Å². The Morgan fingerprint density at radius 1 is 1.16 bits per heavy atom. The number of hydrogen-bond donors (Lipinski definition) is 1. The zero-order chi connectivity index (χ0) is 18.6. The van der Waals surface area contributed by atoms with E-state index in [1.807, 2.05) is 19.9 Å². The highest BCUT2D eigenvalue weighted by Gasteiger charge is 2.17. The Bertz CT molecular complexity index is 784. The normalized spacial score (nSPS) is 15.7. The van der Waals surface area contributed by atoms with Gasteiger partial charge >= 0.3 is 0 Å². The van der Waals surface area contributed by atoms with Crippen molar-refractivity contribution in [1.82, 2.24) is 5.32 Å². The van der Waals surface area contributed by atoms with Crippen LogP contribution in [0.2, 0.25) is 0 Å². The van der Waals surface area contributed by atoms with Crippen LogP contribution in [0.25, 0.3) is 0 Å². The molecule has 25 heavy (non-hydrogen) atoms. The van der Waals surface area contributed by atoms with E-state index >= 15 is 0 Å². The number of ketones is 1. The second-order valence-corrected chi connectivity index (χ2v) is 6.07. The molecule has 5 nitrogen and oxygen atoms in total. The number of rotatable bonds is 5. The SMILES string of the molecule is CCN(CC)c1ccc(N=C2C=C(NC(C)=O)C(=O)C=C2C)c(C)c1. The molecular formula is C20H25N3O2. The molecule has 132 valence electrons. The molecule has 0 spiro atoms. The fraction of sp³-hybridized carbons (Fsp3) is 0.350. The van der Waals surface area contributed by atoms with Crippen LogP contribution >= 0.6 is 0 Å². The summed E-state index contributed by atoms with van der Waals surface area (Å²) in [6, 6.07) is 6.17. The summed E-state index contributed by atoms with van der Waals surface area (Å²) < 4.78 is 0. The van der Waals surface area contributed by atoms with Gasteiger partial charge in [0.1, 0.15) is 0 Å². The quantitative estimate of drug-likeness (QED) is 0.836. The van der Waals surface area contributed by atoms with E-state index < -0.39 is 0 Å². The standard InChI is InChI=1S/C20H25N3O2/c1-6-23(7-2)16-8-9-17(13(3)10-16)22-18-12-19(21-15(5)24)20(25)11-14(18)4/h8-12H,6-7H2,1-5H3,(H,21,24). The van der Waals surface area contributed by atoms with Crippen molar-refractivity contribution >= 4 is 28.8 Å². The molecular weight excluding hydrogens is 314 g/mol. The van der Waals surface area contributed by atoms with Crippen molar-refractivity contribution in [3.63, 3.8) is 0 Å². The number of allylic oxidation sites excluding steroid dienone is 3. The minimum Gasteiger partial charge on any atom is -0.372 e. The molecule has 0 aromatic heterocycles. The lowest BCUT2D eigenvalue weighted by molar-refractivity contribution is -0.120. The molecule has 0 heterocycles. The van der Waals surface area contributed by atoms with Crippen LogP contribution in [0.15, 0.2) is 46.6 Å². The van der Waals surface area contributed by atoms with Gasteiger partial charge in [-0.15, -0.1) is 0 Å². The van der Waals surface area contributed by atoms with Crippen molar-refractivity contribution in [3.8, 4) is 0 Å². The largest absolute Gasteiger partial charge is 0.372 e. The third kappa shape index (κ3) is 4.44. The fourth-order valence-corrected chi connectivity index (χ4v) is 2.76. The van der Waals surface area contributed by atoms with Gasteiger partial charge in [-0.05, 0) is 69.2 Å². The number of carbonyl (C=O) groups is 2. The van der Waals surface area contributed by atoms with Gasteiger partial charge in [0.2, 0.25) is 11.7 Å². The van der Waals surface area contributed by atoms with Crippen molar-refractivity contribution in [2.75, 3.05) is 18.0 Å². The average Bonchev–Trinajstić information content (AvgIpc) is 2.55. The molecule has 0 atom stereocenters. The lowest BCUT2D eigenvalue weighted by atomic mass is 10.0. The van der Waals surface area contributed by atoms with E-state index in [1.54, 1.807) is 6.08 Å². The molecule has 0 fully saturated rings. The van der Waals surface area contributed by atoms with Gasteiger partial charge in [-0.1, -0.05) is 0 Å². The van der Waals surface area contributed by atoms with Gasteiger partial charge in [0, 0.05) is 25.7 Å². The van der Waals surface area contributed by atoms with E-state index in [-0.39, 0.29) is 17.4 Å². The molecule has 1 aromatic carbocycles. The Morgan fingerprint density at radius 2 is 1.84 bits per heavy atom. The van der Waals surface area contributed by atoms with Crippen LogP contribution in [0.4, 0.5) is 11.4 Å². The third-order valence-corrected chi connectivity index (χ3v) is 4.16. The molecule has 0 radical (unpaired) electrons. The highest BCUT2D eigenvalue weighted by molar-refractivity contribution is 6.22. The summed E-state index contributed by atoms with van der Waals surface area (Å²) in [6.45, 7) is 11.4. The smallest absolute Gasteiger partial charge is 0.221 e. The number of aryl methyl sites for hydroxylation is 1. The number of nitrogens with one attached hydrogen (secondary N) is 1. The van der Waals surface area contributed by atoms with E-state index in [0.717, 1.165) is 29.9 Å². The van der Waals surface area contributed by atoms with Crippen LogP contribution in [0.3, 0.4) is 0 Å². The topological polar surface area (TPSA) is 61.8 Å². The molecule has 2 rings (SSSR count). The predicted octanol–water partition coefficient (Wildman–Crippen LogP) is 3.46. The molecule has 0 saturated heterocycles. The first-order valence-electron chi connectivity index (χ1n) is 8.52. The van der Waals surface area contributed by atoms with Gasteiger partial charge in [-0.25, -0.2) is 4.99 Å². The Kier molecular flexibility index (Phi) is 5.91. The van der Waals surface area contributed by atoms with E-state index in [0.29, 0.717) is 5.71 Å². The predicted molar refractivity (Wildman–Crippen MR) is 102 cm³/mol. The van der Waals surface area contributed by atoms with E-state index in [9.17, 15) is 9.59 Å². The number of carbonyl (C=O) groups excluding carboxylic acids is 2. The van der Waals surface area contributed by atoms with Crippen molar-refractivity contribution in [2.45, 2.75) is 34.6 Å². The average molecular weight is 339 g/mol. The summed E-state index contributed by atoms with van der Waals surface area (Å²) in [5, 5.41) is 2.56. The Hall–Kier alpha value is -2.69. The Labute approximate surface area is 149 Å². The summed E-state index contributed by atoms with van der Waals surface area (Å²) in [7, 11) is 0. The molecule has 1 N–H and O–H groups in total. The van der Waals surface area contributed by atoms with Crippen LogP contribution in [-0.2, 0) is 9.59 Å². The minimum absolute atomic E-state index is 0.208. The molecule has 1 aliphatic carbocycles. The monoisotopic (exact) mass is 339 g/mol. The second-order valence-electron chi connectivity index (χ2n) is 6.07. The number of anilines is 1. The molecule has 0 saturated carbocycles. The summed E-state index contributed by atoms with van der Waals surface area (Å²) in [5.41, 5.74) is 4.82. The van der Waals surface area contributed by atoms with Crippen LogP contribution < -0.4 is 10.2 Å². The molecule has 1 amide bonds. The summed E-state index contributed by atoms with van der Waals surface area (Å²) >= 11 is 0. The van der Waals surface area contributed by atoms with Gasteiger partial charge in [0.25, 0.3) is 0 Å². The first-order valence-corrected chi connectivity index (χ1v) is 8.52. The first-order chi connectivity index (χ1) is 11.8. The lowest BCUT2D eigenvalue weighted by Crippen LogP contribution is -2.27. The molecule has 1 aliphatic rings. The number of amides is 1. The van der Waals surface area contributed by atoms with Gasteiger partial charge in [-0.2, -0.15) is 0 Å². The number of benzene rings is 1. The molecule has 1 aromatic rings. The summed E-state index contributed by atoms with van der Waals surface area (Å²) in [6.07, 6.45) is 3.14. The van der Waals surface area contributed by atoms with Gasteiger partial charge in [0.05, 0.1) is 17.1 Å². The van der Waals surface area contributed by atoms with Crippen molar-refractivity contribution in [2.24, 2.45) is 4.99 Å². The van der Waals surface area contributed by atoms with Crippen LogP contribution in [0.1, 0.15) is 33.3 Å². The molecule has 0 unspecified atom stereocenters. The van der Waals surface area contributed by atoms with Gasteiger partial charge in [-0.3, -0.25) is 9.59 Å². The second kappa shape index (κ2) is 7.92. The lowest BCUT2D eigenvalue weighted by Gasteiger charge is -2.22. The zero-order valence-corrected chi connectivity index (χ0v) is 15.5. The highest BCUT2D eigenvalue weighted by Crippen LogP contribution is 2.26. The zero-order valence-electron chi connectivity index (χ0n) is 15.5. The summed E-state index contributed by atoms with van der Waals surface area (Å²) in [4.78, 5) is 30.2. The molecule has 0 bridgehead atoms. The maximum Gasteiger partial charge on any atom is 0.221 e. The van der Waals surface area contributed by atoms with Crippen molar-refractivity contribution < 1.29 is 9.59 Å². The van der Waals surface area contributed by atoms with Crippen molar-refractivity contribution in [1.29, 1.82) is 0 Å². The Morgan fingerprint density at radius 3 is 2.40 bits per heavy atom. The third-order valence-electron chi connectivity index (χ3n) is 4.16. The van der Waals surface area contributed by atoms with Crippen LogP contribution in [0, 0.1) is 6.92 Å². The summed E-state index contributed by atoms with van der Waals surface area (Å²) in [5.74, 6) is -0.480. The number of aliphatic imine (C=N–C) groups is 1. The van der Waals surface area contributed by atoms with Gasteiger partial charge in [0.15, 0.2) is 0 Å². The highest BCUT2D eigenvalue weighted by atomic mass is 16.2. The molecule has 0 aliphatic heterocycles. The number of hydrogen-bond acceptors (Lipinski definition) is 4.